The van der Waals surface area contributed by atoms with Crippen LogP contribution in [0.4, 0.5) is 5.82 Å². The lowest BCUT2D eigenvalue weighted by atomic mass is 10.1. The van der Waals surface area contributed by atoms with Gasteiger partial charge in [0.2, 0.25) is 0 Å². The molecule has 0 bridgehead atoms. The van der Waals surface area contributed by atoms with Crippen molar-refractivity contribution in [1.29, 1.82) is 0 Å². The summed E-state index contributed by atoms with van der Waals surface area (Å²) in [7, 11) is 4.87. The van der Waals surface area contributed by atoms with Gasteiger partial charge in [0.25, 0.3) is 0 Å². The summed E-state index contributed by atoms with van der Waals surface area (Å²) in [5.74, 6) is 3.20. The number of fused-ring (bicyclic) bond motifs is 1. The molecule has 4 aromatic rings. The van der Waals surface area contributed by atoms with E-state index in [2.05, 4.69) is 36.2 Å². The van der Waals surface area contributed by atoms with Gasteiger partial charge in [-0.1, -0.05) is 15.9 Å². The fourth-order valence-corrected chi connectivity index (χ4v) is 3.52. The molecule has 8 nitrogen and oxygen atoms in total. The van der Waals surface area contributed by atoms with Crippen LogP contribution in [-0.2, 0) is 6.54 Å². The number of anilines is 1. The standard InChI is InChI=1S/C22H20BrN5O3/c1-29-15-6-4-13(19(9-15)31-3)10-25-22-20-17(11-24-12-26-20)27-21(28-22)16-8-14(23)5-7-18(16)30-2/h4-9,11-12H,10H2,1-3H3,(H,25,27,28). The number of ether oxygens (including phenoxy) is 3. The first kappa shape index (κ1) is 20.8. The molecular formula is C22H20BrN5O3. The maximum Gasteiger partial charge on any atom is 0.166 e. The average molecular weight is 482 g/mol. The fourth-order valence-electron chi connectivity index (χ4n) is 3.16. The van der Waals surface area contributed by atoms with Crippen LogP contribution in [0.3, 0.4) is 0 Å². The Hall–Kier alpha value is -3.46. The van der Waals surface area contributed by atoms with E-state index >= 15 is 0 Å². The molecule has 2 aromatic heterocycles. The molecule has 0 saturated heterocycles. The maximum atomic E-state index is 5.51. The molecule has 0 fully saturated rings. The summed E-state index contributed by atoms with van der Waals surface area (Å²) >= 11 is 3.50. The summed E-state index contributed by atoms with van der Waals surface area (Å²) in [5.41, 5.74) is 2.96. The monoisotopic (exact) mass is 481 g/mol. The zero-order chi connectivity index (χ0) is 21.8. The minimum Gasteiger partial charge on any atom is -0.497 e. The van der Waals surface area contributed by atoms with Gasteiger partial charge in [-0.05, 0) is 30.3 Å². The van der Waals surface area contributed by atoms with E-state index in [1.165, 1.54) is 6.33 Å². The van der Waals surface area contributed by atoms with Crippen molar-refractivity contribution in [1.82, 2.24) is 19.9 Å². The third-order valence-electron chi connectivity index (χ3n) is 4.70. The van der Waals surface area contributed by atoms with Crippen molar-refractivity contribution >= 4 is 32.8 Å². The zero-order valence-electron chi connectivity index (χ0n) is 17.2. The number of hydrogen-bond acceptors (Lipinski definition) is 8. The predicted molar refractivity (Wildman–Crippen MR) is 122 cm³/mol. The van der Waals surface area contributed by atoms with Crippen LogP contribution < -0.4 is 19.5 Å². The number of nitrogens with zero attached hydrogens (tertiary/aromatic N) is 4. The van der Waals surface area contributed by atoms with E-state index in [1.807, 2.05) is 36.4 Å². The highest BCUT2D eigenvalue weighted by atomic mass is 79.9. The Balaban J connectivity index is 1.75. The van der Waals surface area contributed by atoms with Crippen molar-refractivity contribution in [2.24, 2.45) is 0 Å². The van der Waals surface area contributed by atoms with Gasteiger partial charge in [-0.3, -0.25) is 0 Å². The van der Waals surface area contributed by atoms with Crippen LogP contribution >= 0.6 is 15.9 Å². The molecular weight excluding hydrogens is 462 g/mol. The van der Waals surface area contributed by atoms with Crippen LogP contribution in [0.2, 0.25) is 0 Å². The van der Waals surface area contributed by atoms with Crippen molar-refractivity contribution in [2.75, 3.05) is 26.6 Å². The van der Waals surface area contributed by atoms with Gasteiger partial charge < -0.3 is 19.5 Å². The molecule has 0 atom stereocenters. The number of benzene rings is 2. The Morgan fingerprint density at radius 2 is 1.77 bits per heavy atom. The summed E-state index contributed by atoms with van der Waals surface area (Å²) in [6, 6.07) is 11.4. The summed E-state index contributed by atoms with van der Waals surface area (Å²) < 4.78 is 17.2. The van der Waals surface area contributed by atoms with Gasteiger partial charge in [0.15, 0.2) is 11.6 Å². The lowest BCUT2D eigenvalue weighted by Crippen LogP contribution is -2.07. The van der Waals surface area contributed by atoms with Crippen molar-refractivity contribution in [3.05, 3.63) is 59.0 Å². The number of nitrogens with one attached hydrogen (secondary N) is 1. The third-order valence-corrected chi connectivity index (χ3v) is 5.20. The maximum absolute atomic E-state index is 5.51. The van der Waals surface area contributed by atoms with E-state index in [1.54, 1.807) is 27.5 Å². The van der Waals surface area contributed by atoms with Gasteiger partial charge in [-0.2, -0.15) is 0 Å². The van der Waals surface area contributed by atoms with Crippen LogP contribution in [0.15, 0.2) is 53.4 Å². The highest BCUT2D eigenvalue weighted by Gasteiger charge is 2.15. The molecule has 1 N–H and O–H groups in total. The van der Waals surface area contributed by atoms with Crippen LogP contribution in [0.5, 0.6) is 17.2 Å². The van der Waals surface area contributed by atoms with Crippen molar-refractivity contribution in [3.63, 3.8) is 0 Å². The molecule has 0 unspecified atom stereocenters. The minimum atomic E-state index is 0.471. The number of hydrogen-bond donors (Lipinski definition) is 1. The molecule has 9 heteroatoms. The van der Waals surface area contributed by atoms with Crippen LogP contribution in [0.25, 0.3) is 22.4 Å². The lowest BCUT2D eigenvalue weighted by molar-refractivity contribution is 0.391. The first-order valence-corrected chi connectivity index (χ1v) is 10.2. The second kappa shape index (κ2) is 9.13. The Morgan fingerprint density at radius 1 is 0.935 bits per heavy atom. The van der Waals surface area contributed by atoms with E-state index in [0.717, 1.165) is 21.3 Å². The van der Waals surface area contributed by atoms with Crippen LogP contribution in [0.1, 0.15) is 5.56 Å². The van der Waals surface area contributed by atoms with E-state index < -0.39 is 0 Å². The van der Waals surface area contributed by atoms with Crippen molar-refractivity contribution < 1.29 is 14.2 Å². The Labute approximate surface area is 187 Å². The van der Waals surface area contributed by atoms with Gasteiger partial charge in [0.1, 0.15) is 34.6 Å². The molecule has 0 aliphatic heterocycles. The second-order valence-corrected chi connectivity index (χ2v) is 7.44. The molecule has 0 saturated carbocycles. The molecule has 2 heterocycles. The molecule has 2 aromatic carbocycles. The van der Waals surface area contributed by atoms with Gasteiger partial charge in [0.05, 0.1) is 33.1 Å². The van der Waals surface area contributed by atoms with Gasteiger partial charge in [-0.15, -0.1) is 0 Å². The number of aromatic nitrogens is 4. The smallest absolute Gasteiger partial charge is 0.166 e. The third kappa shape index (κ3) is 4.36. The van der Waals surface area contributed by atoms with E-state index in [0.29, 0.717) is 40.7 Å². The molecule has 31 heavy (non-hydrogen) atoms. The predicted octanol–water partition coefficient (Wildman–Crippen LogP) is 4.49. The Kier molecular flexibility index (Phi) is 6.13. The summed E-state index contributed by atoms with van der Waals surface area (Å²) in [5, 5.41) is 3.36. The van der Waals surface area contributed by atoms with Gasteiger partial charge >= 0.3 is 0 Å². The fraction of sp³-hybridized carbons (Fsp3) is 0.182. The Bertz CT molecular complexity index is 1240. The topological polar surface area (TPSA) is 91.3 Å². The summed E-state index contributed by atoms with van der Waals surface area (Å²) in [6.45, 7) is 0.471. The molecule has 0 aliphatic carbocycles. The number of methoxy groups -OCH3 is 3. The quantitative estimate of drug-likeness (QED) is 0.412. The number of rotatable bonds is 7. The molecule has 0 radical (unpaired) electrons. The molecule has 4 rings (SSSR count). The molecule has 0 spiro atoms. The van der Waals surface area contributed by atoms with Crippen molar-refractivity contribution in [2.45, 2.75) is 6.54 Å². The normalized spacial score (nSPS) is 10.7. The highest BCUT2D eigenvalue weighted by Crippen LogP contribution is 2.33. The van der Waals surface area contributed by atoms with Crippen LogP contribution in [-0.4, -0.2) is 41.3 Å². The first-order valence-electron chi connectivity index (χ1n) is 9.39. The SMILES string of the molecule is COc1ccc(CNc2nc(-c3cc(Br)ccc3OC)nc3cncnc23)c(OC)c1. The van der Waals surface area contributed by atoms with Crippen molar-refractivity contribution in [3.8, 4) is 28.6 Å². The highest BCUT2D eigenvalue weighted by molar-refractivity contribution is 9.10. The zero-order valence-corrected chi connectivity index (χ0v) is 18.8. The second-order valence-electron chi connectivity index (χ2n) is 6.53. The molecule has 0 aliphatic rings. The molecule has 158 valence electrons. The van der Waals surface area contributed by atoms with E-state index in [4.69, 9.17) is 19.2 Å². The summed E-state index contributed by atoms with van der Waals surface area (Å²) in [6.07, 6.45) is 3.14. The van der Waals surface area contributed by atoms with E-state index in [-0.39, 0.29) is 0 Å². The minimum absolute atomic E-state index is 0.471. The van der Waals surface area contributed by atoms with E-state index in [9.17, 15) is 0 Å². The Morgan fingerprint density at radius 3 is 2.55 bits per heavy atom. The first-order chi connectivity index (χ1) is 15.1. The van der Waals surface area contributed by atoms with Gasteiger partial charge in [0, 0.05) is 22.6 Å². The number of halogens is 1. The van der Waals surface area contributed by atoms with Crippen LogP contribution in [0, 0.1) is 0 Å². The molecule has 0 amide bonds. The van der Waals surface area contributed by atoms with Gasteiger partial charge in [-0.25, -0.2) is 19.9 Å². The lowest BCUT2D eigenvalue weighted by Gasteiger charge is -2.14. The largest absolute Gasteiger partial charge is 0.497 e. The average Bonchev–Trinajstić information content (AvgIpc) is 2.82. The summed E-state index contributed by atoms with van der Waals surface area (Å²) in [4.78, 5) is 17.9.